The zero-order chi connectivity index (χ0) is 19.7. The van der Waals surface area contributed by atoms with Crippen LogP contribution in [0.2, 0.25) is 5.02 Å². The summed E-state index contributed by atoms with van der Waals surface area (Å²) in [4.78, 5) is 25.0. The predicted molar refractivity (Wildman–Crippen MR) is 104 cm³/mol. The molecule has 1 aliphatic rings. The largest absolute Gasteiger partial charge is 0.454 e. The van der Waals surface area contributed by atoms with E-state index in [1.807, 2.05) is 0 Å². The van der Waals surface area contributed by atoms with Gasteiger partial charge < -0.3 is 9.47 Å². The predicted octanol–water partition coefficient (Wildman–Crippen LogP) is 2.56. The van der Waals surface area contributed by atoms with E-state index in [1.54, 1.807) is 43.3 Å². The van der Waals surface area contributed by atoms with Crippen LogP contribution in [-0.2, 0) is 6.54 Å². The number of fused-ring (bicyclic) bond motifs is 2. The first-order valence-corrected chi connectivity index (χ1v) is 8.88. The van der Waals surface area contributed by atoms with Crippen LogP contribution in [-0.4, -0.2) is 28.7 Å². The number of nitrogens with one attached hydrogen (secondary N) is 1. The second-order valence-electron chi connectivity index (χ2n) is 5.95. The third kappa shape index (κ3) is 3.18. The summed E-state index contributed by atoms with van der Waals surface area (Å²) in [7, 11) is 0. The summed E-state index contributed by atoms with van der Waals surface area (Å²) >= 11 is 6.13. The van der Waals surface area contributed by atoms with Gasteiger partial charge in [0, 0.05) is 11.9 Å². The van der Waals surface area contributed by atoms with E-state index < -0.39 is 5.91 Å². The van der Waals surface area contributed by atoms with Gasteiger partial charge in [-0.3, -0.25) is 9.59 Å². The molecule has 8 nitrogen and oxygen atoms in total. The molecule has 0 radical (unpaired) electrons. The van der Waals surface area contributed by atoms with Crippen molar-refractivity contribution in [2.75, 3.05) is 6.79 Å². The Morgan fingerprint density at radius 3 is 2.89 bits per heavy atom. The fourth-order valence-corrected chi connectivity index (χ4v) is 3.17. The number of aromatic nitrogens is 2. The van der Waals surface area contributed by atoms with Crippen LogP contribution in [0.3, 0.4) is 0 Å². The molecule has 0 atom stereocenters. The maximum absolute atomic E-state index is 12.6. The normalized spacial score (nSPS) is 12.6. The average molecular weight is 399 g/mol. The molecule has 0 bridgehead atoms. The Kier molecular flexibility index (Phi) is 4.70. The Labute approximate surface area is 164 Å². The van der Waals surface area contributed by atoms with E-state index >= 15 is 0 Å². The van der Waals surface area contributed by atoms with E-state index in [2.05, 4.69) is 15.6 Å². The summed E-state index contributed by atoms with van der Waals surface area (Å²) in [6.07, 6.45) is 1.43. The molecule has 0 saturated heterocycles. The van der Waals surface area contributed by atoms with Crippen molar-refractivity contribution in [1.82, 2.24) is 15.2 Å². The average Bonchev–Trinajstić information content (AvgIpc) is 3.18. The third-order valence-electron chi connectivity index (χ3n) is 4.21. The van der Waals surface area contributed by atoms with Crippen LogP contribution in [0.15, 0.2) is 46.3 Å². The van der Waals surface area contributed by atoms with Gasteiger partial charge in [-0.2, -0.15) is 10.2 Å². The van der Waals surface area contributed by atoms with Crippen molar-refractivity contribution < 1.29 is 14.3 Å². The van der Waals surface area contributed by atoms with Crippen LogP contribution in [0.5, 0.6) is 11.5 Å². The van der Waals surface area contributed by atoms with Gasteiger partial charge in [0.15, 0.2) is 17.2 Å². The monoisotopic (exact) mass is 398 g/mol. The smallest absolute Gasteiger partial charge is 0.292 e. The molecular weight excluding hydrogens is 384 g/mol. The SMILES string of the molecule is CCn1nc(C(=O)N/N=C\c2cc(Cl)c3c(c2)OCO3)c2ccccc2c1=O. The Balaban J connectivity index is 1.61. The zero-order valence-electron chi connectivity index (χ0n) is 14.8. The first kappa shape index (κ1) is 18.0. The maximum atomic E-state index is 12.6. The van der Waals surface area contributed by atoms with Crippen molar-refractivity contribution >= 4 is 34.5 Å². The number of carbonyl (C=O) groups is 1. The van der Waals surface area contributed by atoms with Gasteiger partial charge in [0.2, 0.25) is 6.79 Å². The number of aryl methyl sites for hydroxylation is 1. The molecule has 142 valence electrons. The Hall–Kier alpha value is -3.39. The van der Waals surface area contributed by atoms with E-state index in [-0.39, 0.29) is 18.0 Å². The van der Waals surface area contributed by atoms with Gasteiger partial charge in [-0.1, -0.05) is 29.8 Å². The van der Waals surface area contributed by atoms with Gasteiger partial charge in [-0.15, -0.1) is 0 Å². The van der Waals surface area contributed by atoms with Crippen LogP contribution in [0.4, 0.5) is 0 Å². The van der Waals surface area contributed by atoms with Gasteiger partial charge in [0.1, 0.15) is 0 Å². The number of hydrogen-bond acceptors (Lipinski definition) is 6. The zero-order valence-corrected chi connectivity index (χ0v) is 15.6. The number of halogens is 1. The van der Waals surface area contributed by atoms with Crippen molar-refractivity contribution in [2.24, 2.45) is 5.10 Å². The fraction of sp³-hybridized carbons (Fsp3) is 0.158. The highest BCUT2D eigenvalue weighted by Crippen LogP contribution is 2.39. The van der Waals surface area contributed by atoms with Crippen molar-refractivity contribution in [3.05, 3.63) is 63.0 Å². The number of hydrogen-bond donors (Lipinski definition) is 1. The number of benzene rings is 2. The molecule has 2 heterocycles. The van der Waals surface area contributed by atoms with Crippen LogP contribution in [0.25, 0.3) is 10.8 Å². The number of rotatable bonds is 4. The van der Waals surface area contributed by atoms with Crippen LogP contribution in [0.1, 0.15) is 23.0 Å². The van der Waals surface area contributed by atoms with E-state index in [1.165, 1.54) is 10.9 Å². The summed E-state index contributed by atoms with van der Waals surface area (Å²) < 4.78 is 11.8. The van der Waals surface area contributed by atoms with Crippen molar-refractivity contribution in [3.63, 3.8) is 0 Å². The molecule has 1 N–H and O–H groups in total. The van der Waals surface area contributed by atoms with E-state index in [9.17, 15) is 9.59 Å². The fourth-order valence-electron chi connectivity index (χ4n) is 2.90. The van der Waals surface area contributed by atoms with E-state index in [0.717, 1.165) is 0 Å². The standard InChI is InChI=1S/C19H15ClN4O4/c1-2-24-19(26)13-6-4-3-5-12(13)16(23-24)18(25)22-21-9-11-7-14(20)17-15(8-11)27-10-28-17/h3-9H,2,10H2,1H3,(H,22,25)/b21-9-. The molecule has 0 saturated carbocycles. The lowest BCUT2D eigenvalue weighted by molar-refractivity contribution is 0.0949. The molecule has 1 aliphatic heterocycles. The molecule has 0 spiro atoms. The summed E-state index contributed by atoms with van der Waals surface area (Å²) in [5.41, 5.74) is 2.95. The lowest BCUT2D eigenvalue weighted by Gasteiger charge is -2.08. The molecule has 1 amide bonds. The van der Waals surface area contributed by atoms with Crippen LogP contribution < -0.4 is 20.5 Å². The summed E-state index contributed by atoms with van der Waals surface area (Å²) in [5.74, 6) is 0.477. The maximum Gasteiger partial charge on any atom is 0.292 e. The Morgan fingerprint density at radius 2 is 2.11 bits per heavy atom. The molecule has 28 heavy (non-hydrogen) atoms. The number of ether oxygens (including phenoxy) is 2. The van der Waals surface area contributed by atoms with Gasteiger partial charge in [-0.25, -0.2) is 10.1 Å². The minimum Gasteiger partial charge on any atom is -0.454 e. The number of amides is 1. The van der Waals surface area contributed by atoms with Gasteiger partial charge in [0.25, 0.3) is 11.5 Å². The second-order valence-corrected chi connectivity index (χ2v) is 6.36. The van der Waals surface area contributed by atoms with Crippen LogP contribution in [0, 0.1) is 0 Å². The Morgan fingerprint density at radius 1 is 1.32 bits per heavy atom. The highest BCUT2D eigenvalue weighted by atomic mass is 35.5. The van der Waals surface area contributed by atoms with Crippen molar-refractivity contribution in [2.45, 2.75) is 13.5 Å². The number of nitrogens with zero attached hydrogens (tertiary/aromatic N) is 3. The minimum absolute atomic E-state index is 0.109. The lowest BCUT2D eigenvalue weighted by Crippen LogP contribution is -2.28. The van der Waals surface area contributed by atoms with Gasteiger partial charge >= 0.3 is 0 Å². The molecule has 4 rings (SSSR count). The van der Waals surface area contributed by atoms with Crippen LogP contribution >= 0.6 is 11.6 Å². The second kappa shape index (κ2) is 7.32. The van der Waals surface area contributed by atoms with Crippen molar-refractivity contribution in [3.8, 4) is 11.5 Å². The number of hydrazone groups is 1. The van der Waals surface area contributed by atoms with Gasteiger partial charge in [-0.05, 0) is 30.7 Å². The highest BCUT2D eigenvalue weighted by Gasteiger charge is 2.18. The topological polar surface area (TPSA) is 94.8 Å². The van der Waals surface area contributed by atoms with E-state index in [4.69, 9.17) is 21.1 Å². The van der Waals surface area contributed by atoms with Crippen molar-refractivity contribution in [1.29, 1.82) is 0 Å². The summed E-state index contributed by atoms with van der Waals surface area (Å²) in [6, 6.07) is 10.2. The highest BCUT2D eigenvalue weighted by molar-refractivity contribution is 6.32. The van der Waals surface area contributed by atoms with Gasteiger partial charge in [0.05, 0.1) is 16.6 Å². The third-order valence-corrected chi connectivity index (χ3v) is 4.49. The first-order valence-electron chi connectivity index (χ1n) is 8.51. The molecular formula is C19H15ClN4O4. The molecule has 0 unspecified atom stereocenters. The first-order chi connectivity index (χ1) is 13.6. The molecule has 1 aromatic heterocycles. The minimum atomic E-state index is -0.526. The molecule has 9 heteroatoms. The lowest BCUT2D eigenvalue weighted by atomic mass is 10.1. The molecule has 3 aromatic rings. The Bertz CT molecular complexity index is 1170. The van der Waals surface area contributed by atoms with E-state index in [0.29, 0.717) is 39.4 Å². The summed E-state index contributed by atoms with van der Waals surface area (Å²) in [6.45, 7) is 2.24. The quantitative estimate of drug-likeness (QED) is 0.538. The molecule has 0 aliphatic carbocycles. The number of carbonyl (C=O) groups excluding carboxylic acids is 1. The molecule has 0 fully saturated rings. The summed E-state index contributed by atoms with van der Waals surface area (Å²) in [5, 5.41) is 9.42. The molecule has 2 aromatic carbocycles.